The molecule has 0 aliphatic heterocycles. The van der Waals surface area contributed by atoms with Gasteiger partial charge in [0.25, 0.3) is 0 Å². The number of imidazole rings is 1. The summed E-state index contributed by atoms with van der Waals surface area (Å²) in [6, 6.07) is 7.70. The van der Waals surface area contributed by atoms with Crippen molar-refractivity contribution in [1.82, 2.24) is 24.5 Å². The molecular formula is C20H15ClF3N5O. The molecule has 0 bridgehead atoms. The first-order valence-electron chi connectivity index (χ1n) is 8.93. The molecule has 0 aliphatic rings. The number of hydrogen-bond acceptors (Lipinski definition) is 5. The monoisotopic (exact) mass is 433 g/mol. The fourth-order valence-corrected chi connectivity index (χ4v) is 3.18. The number of halogens is 4. The van der Waals surface area contributed by atoms with Gasteiger partial charge in [0.05, 0.1) is 29.4 Å². The Kier molecular flexibility index (Phi) is 5.29. The predicted molar refractivity (Wildman–Crippen MR) is 105 cm³/mol. The molecule has 0 unspecified atom stereocenters. The number of aromatic nitrogens is 5. The predicted octanol–water partition coefficient (Wildman–Crippen LogP) is 4.81. The summed E-state index contributed by atoms with van der Waals surface area (Å²) in [5.41, 5.74) is 1.14. The third kappa shape index (κ3) is 4.06. The van der Waals surface area contributed by atoms with Crippen molar-refractivity contribution in [2.75, 3.05) is 6.61 Å². The van der Waals surface area contributed by atoms with Gasteiger partial charge in [-0.1, -0.05) is 17.7 Å². The summed E-state index contributed by atoms with van der Waals surface area (Å²) < 4.78 is 46.7. The molecule has 6 nitrogen and oxygen atoms in total. The fraction of sp³-hybridized carbons (Fsp3) is 0.200. The summed E-state index contributed by atoms with van der Waals surface area (Å²) in [6.07, 6.45) is 0.469. The van der Waals surface area contributed by atoms with E-state index in [1.165, 1.54) is 17.1 Å². The molecule has 0 amide bonds. The van der Waals surface area contributed by atoms with E-state index in [2.05, 4.69) is 19.9 Å². The highest BCUT2D eigenvalue weighted by atomic mass is 35.5. The molecule has 4 aromatic rings. The number of hydrogen-bond donors (Lipinski definition) is 0. The average molecular weight is 434 g/mol. The molecule has 3 aromatic heterocycles. The van der Waals surface area contributed by atoms with Crippen LogP contribution in [0.25, 0.3) is 16.9 Å². The number of aryl methyl sites for hydroxylation is 1. The maximum Gasteiger partial charge on any atom is 0.416 e. The van der Waals surface area contributed by atoms with Gasteiger partial charge in [-0.05, 0) is 36.8 Å². The fourth-order valence-electron chi connectivity index (χ4n) is 3.00. The summed E-state index contributed by atoms with van der Waals surface area (Å²) in [5.74, 6) is 0.181. The first-order chi connectivity index (χ1) is 14.3. The van der Waals surface area contributed by atoms with Crippen LogP contribution < -0.4 is 4.74 Å². The molecule has 0 fully saturated rings. The van der Waals surface area contributed by atoms with E-state index < -0.39 is 11.7 Å². The van der Waals surface area contributed by atoms with Crippen molar-refractivity contribution in [1.29, 1.82) is 0 Å². The van der Waals surface area contributed by atoms with E-state index in [4.69, 9.17) is 16.3 Å². The Morgan fingerprint density at radius 2 is 1.97 bits per heavy atom. The molecular weight excluding hydrogens is 419 g/mol. The molecule has 0 atom stereocenters. The van der Waals surface area contributed by atoms with Crippen LogP contribution in [0.2, 0.25) is 5.02 Å². The van der Waals surface area contributed by atoms with Crippen molar-refractivity contribution in [3.63, 3.8) is 0 Å². The minimum absolute atomic E-state index is 0.0517. The Morgan fingerprint density at radius 1 is 1.13 bits per heavy atom. The molecule has 4 rings (SSSR count). The molecule has 0 radical (unpaired) electrons. The van der Waals surface area contributed by atoms with Gasteiger partial charge < -0.3 is 4.74 Å². The van der Waals surface area contributed by atoms with E-state index in [0.29, 0.717) is 17.5 Å². The number of ether oxygens (including phenoxy) is 1. The largest absolute Gasteiger partial charge is 0.463 e. The SMILES string of the molecule is Cc1cc(C(F)(F)F)cc2c1ncn2-c1nc(OCCc2ccccn2)ncc1Cl. The Balaban J connectivity index is 1.66. The van der Waals surface area contributed by atoms with E-state index in [0.717, 1.165) is 17.8 Å². The summed E-state index contributed by atoms with van der Waals surface area (Å²) in [6.45, 7) is 1.85. The van der Waals surface area contributed by atoms with Gasteiger partial charge in [0.1, 0.15) is 11.3 Å². The van der Waals surface area contributed by atoms with Crippen LogP contribution in [0.3, 0.4) is 0 Å². The van der Waals surface area contributed by atoms with Gasteiger partial charge in [-0.3, -0.25) is 9.55 Å². The van der Waals surface area contributed by atoms with Crippen molar-refractivity contribution in [3.8, 4) is 11.8 Å². The van der Waals surface area contributed by atoms with E-state index in [-0.39, 0.29) is 29.0 Å². The van der Waals surface area contributed by atoms with Crippen molar-refractivity contribution < 1.29 is 17.9 Å². The van der Waals surface area contributed by atoms with Crippen LogP contribution in [0, 0.1) is 6.92 Å². The Morgan fingerprint density at radius 3 is 2.70 bits per heavy atom. The van der Waals surface area contributed by atoms with Crippen molar-refractivity contribution in [2.24, 2.45) is 0 Å². The molecule has 0 saturated heterocycles. The number of rotatable bonds is 5. The average Bonchev–Trinajstić information content (AvgIpc) is 3.14. The Labute approximate surface area is 174 Å². The van der Waals surface area contributed by atoms with Crippen molar-refractivity contribution >= 4 is 22.6 Å². The maximum atomic E-state index is 13.3. The standard InChI is InChI=1S/C20H15ClF3N5O/c1-12-8-13(20(22,23)24)9-16-17(12)27-11-29(16)18-15(21)10-26-19(28-18)30-7-5-14-4-2-3-6-25-14/h2-4,6,8-11H,5,7H2,1H3. The van der Waals surface area contributed by atoms with E-state index in [9.17, 15) is 13.2 Å². The van der Waals surface area contributed by atoms with Gasteiger partial charge in [-0.15, -0.1) is 0 Å². The second-order valence-corrected chi connectivity index (χ2v) is 6.92. The molecule has 0 N–H and O–H groups in total. The number of pyridine rings is 1. The number of nitrogens with zero attached hydrogens (tertiary/aromatic N) is 5. The van der Waals surface area contributed by atoms with Crippen LogP contribution in [0.5, 0.6) is 6.01 Å². The zero-order chi connectivity index (χ0) is 21.3. The van der Waals surface area contributed by atoms with E-state index >= 15 is 0 Å². The molecule has 3 heterocycles. The van der Waals surface area contributed by atoms with Gasteiger partial charge >= 0.3 is 12.2 Å². The third-order valence-electron chi connectivity index (χ3n) is 4.42. The first kappa shape index (κ1) is 20.1. The van der Waals surface area contributed by atoms with Crippen LogP contribution in [0.1, 0.15) is 16.8 Å². The smallest absolute Gasteiger partial charge is 0.416 e. The molecule has 0 spiro atoms. The van der Waals surface area contributed by atoms with Crippen LogP contribution in [0.4, 0.5) is 13.2 Å². The minimum Gasteiger partial charge on any atom is -0.463 e. The molecule has 1 aromatic carbocycles. The minimum atomic E-state index is -4.48. The van der Waals surface area contributed by atoms with Gasteiger partial charge in [0.2, 0.25) is 0 Å². The van der Waals surface area contributed by atoms with Crippen molar-refractivity contribution in [3.05, 3.63) is 70.9 Å². The van der Waals surface area contributed by atoms with Crippen LogP contribution in [-0.4, -0.2) is 31.1 Å². The summed E-state index contributed by atoms with van der Waals surface area (Å²) in [4.78, 5) is 16.7. The maximum absolute atomic E-state index is 13.3. The topological polar surface area (TPSA) is 65.7 Å². The normalized spacial score (nSPS) is 11.8. The zero-order valence-corrected chi connectivity index (χ0v) is 16.4. The number of benzene rings is 1. The highest BCUT2D eigenvalue weighted by Crippen LogP contribution is 2.34. The summed E-state index contributed by atoms with van der Waals surface area (Å²) in [5, 5.41) is 0.154. The lowest BCUT2D eigenvalue weighted by Crippen LogP contribution is -2.08. The van der Waals surface area contributed by atoms with Gasteiger partial charge in [0.15, 0.2) is 5.82 Å². The third-order valence-corrected chi connectivity index (χ3v) is 4.68. The molecule has 0 saturated carbocycles. The van der Waals surface area contributed by atoms with Gasteiger partial charge in [0, 0.05) is 18.3 Å². The lowest BCUT2D eigenvalue weighted by Gasteiger charge is -2.11. The molecule has 10 heteroatoms. The quantitative estimate of drug-likeness (QED) is 0.452. The number of fused-ring (bicyclic) bond motifs is 1. The van der Waals surface area contributed by atoms with Crippen LogP contribution in [-0.2, 0) is 12.6 Å². The Hall–Kier alpha value is -3.20. The molecule has 30 heavy (non-hydrogen) atoms. The lowest BCUT2D eigenvalue weighted by atomic mass is 10.1. The second kappa shape index (κ2) is 7.91. The van der Waals surface area contributed by atoms with Gasteiger partial charge in [-0.2, -0.15) is 18.2 Å². The molecule has 0 aliphatic carbocycles. The van der Waals surface area contributed by atoms with Crippen LogP contribution in [0.15, 0.2) is 49.1 Å². The summed E-state index contributed by atoms with van der Waals surface area (Å²) in [7, 11) is 0. The lowest BCUT2D eigenvalue weighted by molar-refractivity contribution is -0.137. The first-order valence-corrected chi connectivity index (χ1v) is 9.31. The van der Waals surface area contributed by atoms with Crippen molar-refractivity contribution in [2.45, 2.75) is 19.5 Å². The highest BCUT2D eigenvalue weighted by Gasteiger charge is 2.31. The number of alkyl halides is 3. The highest BCUT2D eigenvalue weighted by molar-refractivity contribution is 6.32. The van der Waals surface area contributed by atoms with E-state index in [1.54, 1.807) is 13.1 Å². The molecule has 154 valence electrons. The zero-order valence-electron chi connectivity index (χ0n) is 15.7. The summed E-state index contributed by atoms with van der Waals surface area (Å²) >= 11 is 6.23. The Bertz CT molecular complexity index is 1190. The van der Waals surface area contributed by atoms with Gasteiger partial charge in [-0.25, -0.2) is 9.97 Å². The van der Waals surface area contributed by atoms with Crippen LogP contribution >= 0.6 is 11.6 Å². The van der Waals surface area contributed by atoms with E-state index in [1.807, 2.05) is 18.2 Å². The second-order valence-electron chi connectivity index (χ2n) is 6.52.